The van der Waals surface area contributed by atoms with E-state index in [0.29, 0.717) is 17.5 Å². The summed E-state index contributed by atoms with van der Waals surface area (Å²) in [5.41, 5.74) is 10.1. The summed E-state index contributed by atoms with van der Waals surface area (Å²) in [5, 5.41) is 2.41. The Kier molecular flexibility index (Phi) is 7.34. The molecule has 0 unspecified atom stereocenters. The van der Waals surface area contributed by atoms with Crippen LogP contribution in [0.15, 0.2) is 176 Å². The second kappa shape index (κ2) is 12.4. The first-order chi connectivity index (χ1) is 24.3. The van der Waals surface area contributed by atoms with E-state index >= 15 is 0 Å². The Bertz CT molecular complexity index is 2570. The molecule has 49 heavy (non-hydrogen) atoms. The minimum atomic E-state index is 0.653. The molecule has 0 amide bonds. The number of aromatic nitrogens is 3. The van der Waals surface area contributed by atoms with Crippen molar-refractivity contribution in [2.24, 2.45) is 0 Å². The fraction of sp³-hybridized carbons (Fsp3) is 0. The molecule has 2 heterocycles. The Balaban J connectivity index is 1.07. The summed E-state index contributed by atoms with van der Waals surface area (Å²) in [4.78, 5) is 15.1. The maximum Gasteiger partial charge on any atom is 0.164 e. The molecule has 0 atom stereocenters. The third-order valence-electron chi connectivity index (χ3n) is 8.98. The van der Waals surface area contributed by atoms with Gasteiger partial charge < -0.3 is 0 Å². The standard InChI is InChI=1S/C45H29N3S/c1-3-11-30(12-4-1)36-15-9-16-37(29-36)33-23-21-31(22-24-33)32-25-27-35(28-26-32)44-46-43(34-13-5-2-6-14-34)47-45(48-44)39-18-10-20-41-42(39)38-17-7-8-19-40(38)49-41/h1-29H. The third-order valence-corrected chi connectivity index (χ3v) is 10.1. The predicted molar refractivity (Wildman–Crippen MR) is 205 cm³/mol. The van der Waals surface area contributed by atoms with Crippen molar-refractivity contribution in [2.45, 2.75) is 0 Å². The molecule has 0 radical (unpaired) electrons. The maximum atomic E-state index is 5.09. The highest BCUT2D eigenvalue weighted by Crippen LogP contribution is 2.39. The van der Waals surface area contributed by atoms with Gasteiger partial charge in [0.05, 0.1) is 0 Å². The SMILES string of the molecule is c1ccc(-c2cccc(-c3ccc(-c4ccc(-c5nc(-c6ccccc6)nc(-c6cccc7sc8ccccc8c67)n5)cc4)cc3)c2)cc1. The first-order valence-corrected chi connectivity index (χ1v) is 17.2. The predicted octanol–water partition coefficient (Wildman–Crippen LogP) is 12.2. The number of hydrogen-bond acceptors (Lipinski definition) is 4. The van der Waals surface area contributed by atoms with E-state index < -0.39 is 0 Å². The van der Waals surface area contributed by atoms with Crippen LogP contribution in [-0.2, 0) is 0 Å². The molecule has 2 aromatic heterocycles. The highest BCUT2D eigenvalue weighted by Gasteiger charge is 2.17. The molecular weight excluding hydrogens is 615 g/mol. The van der Waals surface area contributed by atoms with E-state index in [9.17, 15) is 0 Å². The zero-order valence-electron chi connectivity index (χ0n) is 26.5. The molecule has 230 valence electrons. The van der Waals surface area contributed by atoms with Gasteiger partial charge in [-0.05, 0) is 51.6 Å². The fourth-order valence-electron chi connectivity index (χ4n) is 6.48. The van der Waals surface area contributed by atoms with Crippen LogP contribution < -0.4 is 0 Å². The van der Waals surface area contributed by atoms with Gasteiger partial charge in [0.2, 0.25) is 0 Å². The summed E-state index contributed by atoms with van der Waals surface area (Å²) < 4.78 is 2.48. The van der Waals surface area contributed by atoms with Crippen molar-refractivity contribution >= 4 is 31.5 Å². The van der Waals surface area contributed by atoms with Gasteiger partial charge in [0.1, 0.15) is 0 Å². The zero-order valence-corrected chi connectivity index (χ0v) is 27.3. The lowest BCUT2D eigenvalue weighted by atomic mass is 9.97. The Labute approximate surface area is 288 Å². The lowest BCUT2D eigenvalue weighted by Crippen LogP contribution is -2.00. The van der Waals surface area contributed by atoms with E-state index in [1.165, 1.54) is 42.4 Å². The van der Waals surface area contributed by atoms with Crippen LogP contribution in [0.5, 0.6) is 0 Å². The van der Waals surface area contributed by atoms with Gasteiger partial charge in [-0.1, -0.05) is 158 Å². The Morgan fingerprint density at radius 1 is 0.306 bits per heavy atom. The molecule has 0 aliphatic carbocycles. The number of benzene rings is 7. The van der Waals surface area contributed by atoms with Crippen molar-refractivity contribution in [3.8, 4) is 67.5 Å². The summed E-state index contributed by atoms with van der Waals surface area (Å²) in [6, 6.07) is 61.7. The monoisotopic (exact) mass is 643 g/mol. The summed E-state index contributed by atoms with van der Waals surface area (Å²) in [7, 11) is 0. The second-order valence-corrected chi connectivity index (χ2v) is 13.1. The molecule has 9 aromatic rings. The lowest BCUT2D eigenvalue weighted by molar-refractivity contribution is 1.08. The molecule has 0 saturated heterocycles. The van der Waals surface area contributed by atoms with Crippen molar-refractivity contribution in [3.05, 3.63) is 176 Å². The van der Waals surface area contributed by atoms with Gasteiger partial charge in [0, 0.05) is 36.9 Å². The summed E-state index contributed by atoms with van der Waals surface area (Å²) in [6.45, 7) is 0. The second-order valence-electron chi connectivity index (χ2n) is 12.1. The van der Waals surface area contributed by atoms with Gasteiger partial charge in [-0.25, -0.2) is 15.0 Å². The van der Waals surface area contributed by atoms with E-state index in [1.54, 1.807) is 11.3 Å². The van der Waals surface area contributed by atoms with Crippen LogP contribution in [0.4, 0.5) is 0 Å². The van der Waals surface area contributed by atoms with Crippen LogP contribution in [-0.4, -0.2) is 15.0 Å². The van der Waals surface area contributed by atoms with Crippen LogP contribution >= 0.6 is 11.3 Å². The van der Waals surface area contributed by atoms with E-state index in [0.717, 1.165) is 27.8 Å². The van der Waals surface area contributed by atoms with Gasteiger partial charge in [0.15, 0.2) is 17.5 Å². The van der Waals surface area contributed by atoms with Gasteiger partial charge >= 0.3 is 0 Å². The van der Waals surface area contributed by atoms with Gasteiger partial charge in [-0.2, -0.15) is 0 Å². The smallest absolute Gasteiger partial charge is 0.164 e. The average Bonchev–Trinajstić information content (AvgIpc) is 3.58. The molecule has 0 N–H and O–H groups in total. The molecule has 0 spiro atoms. The normalized spacial score (nSPS) is 11.3. The first kappa shape index (κ1) is 29.0. The highest BCUT2D eigenvalue weighted by molar-refractivity contribution is 7.25. The molecule has 4 heteroatoms. The van der Waals surface area contributed by atoms with Crippen molar-refractivity contribution in [1.29, 1.82) is 0 Å². The summed E-state index contributed by atoms with van der Waals surface area (Å²) >= 11 is 1.80. The number of fused-ring (bicyclic) bond motifs is 3. The lowest BCUT2D eigenvalue weighted by Gasteiger charge is -2.10. The minimum absolute atomic E-state index is 0.653. The summed E-state index contributed by atoms with van der Waals surface area (Å²) in [6.07, 6.45) is 0. The maximum absolute atomic E-state index is 5.09. The van der Waals surface area contributed by atoms with Crippen LogP contribution in [0.1, 0.15) is 0 Å². The first-order valence-electron chi connectivity index (χ1n) is 16.4. The van der Waals surface area contributed by atoms with Crippen molar-refractivity contribution < 1.29 is 0 Å². The molecule has 0 aliphatic heterocycles. The highest BCUT2D eigenvalue weighted by atomic mass is 32.1. The van der Waals surface area contributed by atoms with Crippen LogP contribution in [0, 0.1) is 0 Å². The van der Waals surface area contributed by atoms with Crippen LogP contribution in [0.3, 0.4) is 0 Å². The van der Waals surface area contributed by atoms with Gasteiger partial charge in [-0.15, -0.1) is 11.3 Å². The van der Waals surface area contributed by atoms with E-state index in [4.69, 9.17) is 15.0 Å². The largest absolute Gasteiger partial charge is 0.208 e. The molecule has 0 saturated carbocycles. The molecule has 3 nitrogen and oxygen atoms in total. The Morgan fingerprint density at radius 2 is 0.735 bits per heavy atom. The minimum Gasteiger partial charge on any atom is -0.208 e. The molecule has 9 rings (SSSR count). The molecule has 0 fully saturated rings. The average molecular weight is 644 g/mol. The summed E-state index contributed by atoms with van der Waals surface area (Å²) in [5.74, 6) is 1.99. The number of hydrogen-bond donors (Lipinski definition) is 0. The third kappa shape index (κ3) is 5.58. The number of rotatable bonds is 6. The molecular formula is C45H29N3S. The van der Waals surface area contributed by atoms with E-state index in [-0.39, 0.29) is 0 Å². The van der Waals surface area contributed by atoms with Crippen molar-refractivity contribution in [2.75, 3.05) is 0 Å². The molecule has 7 aromatic carbocycles. The van der Waals surface area contributed by atoms with E-state index in [1.807, 2.05) is 30.3 Å². The van der Waals surface area contributed by atoms with Gasteiger partial charge in [-0.3, -0.25) is 0 Å². The quantitative estimate of drug-likeness (QED) is 0.181. The van der Waals surface area contributed by atoms with Crippen LogP contribution in [0.25, 0.3) is 87.7 Å². The number of thiophene rings is 1. The molecule has 0 bridgehead atoms. The Morgan fingerprint density at radius 3 is 1.39 bits per heavy atom. The topological polar surface area (TPSA) is 38.7 Å². The van der Waals surface area contributed by atoms with E-state index in [2.05, 4.69) is 146 Å². The van der Waals surface area contributed by atoms with Crippen LogP contribution in [0.2, 0.25) is 0 Å². The Hall–Kier alpha value is -6.23. The van der Waals surface area contributed by atoms with Crippen molar-refractivity contribution in [3.63, 3.8) is 0 Å². The fourth-order valence-corrected chi connectivity index (χ4v) is 7.61. The van der Waals surface area contributed by atoms with Crippen molar-refractivity contribution in [1.82, 2.24) is 15.0 Å². The zero-order chi connectivity index (χ0) is 32.6. The molecule has 0 aliphatic rings. The number of nitrogens with zero attached hydrogens (tertiary/aromatic N) is 3. The van der Waals surface area contributed by atoms with Gasteiger partial charge in [0.25, 0.3) is 0 Å².